The minimum absolute atomic E-state index is 0.239. The van der Waals surface area contributed by atoms with Gasteiger partial charge in [-0.05, 0) is 50.6 Å². The molecule has 1 heterocycles. The summed E-state index contributed by atoms with van der Waals surface area (Å²) < 4.78 is 14.2. The Balaban J connectivity index is 1.92. The summed E-state index contributed by atoms with van der Waals surface area (Å²) in [6.07, 6.45) is 9.50. The molecule has 0 radical (unpaired) electrons. The Kier molecular flexibility index (Phi) is 4.18. The number of piperidine rings is 1. The molecule has 86 valence electrons. The Bertz CT molecular complexity index is 219. The van der Waals surface area contributed by atoms with Crippen molar-refractivity contribution >= 4 is 0 Å². The first-order valence-corrected chi connectivity index (χ1v) is 6.41. The Labute approximate surface area is 92.1 Å². The molecule has 1 fully saturated rings. The van der Waals surface area contributed by atoms with Gasteiger partial charge in [0.25, 0.3) is 0 Å². The molecule has 1 aliphatic carbocycles. The van der Waals surface area contributed by atoms with Crippen LogP contribution < -0.4 is 5.32 Å². The van der Waals surface area contributed by atoms with E-state index in [0.717, 1.165) is 44.3 Å². The van der Waals surface area contributed by atoms with Crippen LogP contribution in [0.4, 0.5) is 4.39 Å². The Hall–Kier alpha value is -0.370. The molecule has 0 saturated carbocycles. The van der Waals surface area contributed by atoms with Gasteiger partial charge in [0.05, 0.1) is 0 Å². The fourth-order valence-corrected chi connectivity index (χ4v) is 2.72. The molecule has 0 aromatic rings. The highest BCUT2D eigenvalue weighted by Gasteiger charge is 2.26. The van der Waals surface area contributed by atoms with Gasteiger partial charge in [0.2, 0.25) is 0 Å². The molecule has 0 aromatic heterocycles. The predicted octanol–water partition coefficient (Wildman–Crippen LogP) is 3.21. The van der Waals surface area contributed by atoms with E-state index in [1.165, 1.54) is 19.3 Å². The second-order valence-corrected chi connectivity index (χ2v) is 4.89. The van der Waals surface area contributed by atoms with Crippen molar-refractivity contribution in [2.24, 2.45) is 5.92 Å². The Morgan fingerprint density at radius 2 is 2.20 bits per heavy atom. The molecular formula is C13H22FN. The molecule has 2 rings (SSSR count). The van der Waals surface area contributed by atoms with Crippen LogP contribution in [0.5, 0.6) is 0 Å². The topological polar surface area (TPSA) is 12.0 Å². The van der Waals surface area contributed by atoms with Crippen molar-refractivity contribution in [1.82, 2.24) is 5.32 Å². The minimum atomic E-state index is -0.670. The van der Waals surface area contributed by atoms with Crippen LogP contribution in [-0.2, 0) is 0 Å². The van der Waals surface area contributed by atoms with Crippen LogP contribution in [0.1, 0.15) is 44.9 Å². The molecule has 0 bridgehead atoms. The smallest absolute Gasteiger partial charge is 0.125 e. The summed E-state index contributed by atoms with van der Waals surface area (Å²) in [5.74, 6) is 0.239. The molecule has 1 nitrogen and oxygen atoms in total. The first kappa shape index (κ1) is 11.1. The standard InChI is InChI=1S/C13H22FN/c14-13(12-8-5-9-15-10-12)11-6-3-1-2-4-7-11/h6,12-13,15H,1-5,7-10H2. The molecular weight excluding hydrogens is 189 g/mol. The van der Waals surface area contributed by atoms with E-state index in [2.05, 4.69) is 11.4 Å². The fraction of sp³-hybridized carbons (Fsp3) is 0.846. The average molecular weight is 211 g/mol. The summed E-state index contributed by atoms with van der Waals surface area (Å²) in [5, 5.41) is 3.30. The molecule has 0 amide bonds. The van der Waals surface area contributed by atoms with Crippen LogP contribution in [0, 0.1) is 5.92 Å². The molecule has 1 N–H and O–H groups in total. The number of halogens is 1. The van der Waals surface area contributed by atoms with Gasteiger partial charge in [-0.2, -0.15) is 0 Å². The van der Waals surface area contributed by atoms with E-state index in [0.29, 0.717) is 0 Å². The lowest BCUT2D eigenvalue weighted by atomic mass is 9.88. The lowest BCUT2D eigenvalue weighted by Crippen LogP contribution is -2.35. The zero-order chi connectivity index (χ0) is 10.5. The zero-order valence-corrected chi connectivity index (χ0v) is 9.47. The first-order chi connectivity index (χ1) is 7.38. The first-order valence-electron chi connectivity index (χ1n) is 6.41. The van der Waals surface area contributed by atoms with Gasteiger partial charge in [0.1, 0.15) is 6.17 Å². The molecule has 1 aliphatic heterocycles. The van der Waals surface area contributed by atoms with Gasteiger partial charge in [0, 0.05) is 12.5 Å². The van der Waals surface area contributed by atoms with E-state index in [1.807, 2.05) is 0 Å². The number of hydrogen-bond donors (Lipinski definition) is 1. The van der Waals surface area contributed by atoms with E-state index in [4.69, 9.17) is 0 Å². The normalized spacial score (nSPS) is 30.5. The van der Waals surface area contributed by atoms with Gasteiger partial charge < -0.3 is 5.32 Å². The molecule has 2 aliphatic rings. The summed E-state index contributed by atoms with van der Waals surface area (Å²) in [7, 11) is 0. The van der Waals surface area contributed by atoms with Gasteiger partial charge >= 0.3 is 0 Å². The highest BCUT2D eigenvalue weighted by molar-refractivity contribution is 5.11. The summed E-state index contributed by atoms with van der Waals surface area (Å²) in [4.78, 5) is 0. The van der Waals surface area contributed by atoms with Crippen molar-refractivity contribution in [3.05, 3.63) is 11.6 Å². The second kappa shape index (κ2) is 5.64. The molecule has 0 spiro atoms. The number of hydrogen-bond acceptors (Lipinski definition) is 1. The predicted molar refractivity (Wildman–Crippen MR) is 61.7 cm³/mol. The van der Waals surface area contributed by atoms with Crippen molar-refractivity contribution in [3.63, 3.8) is 0 Å². The van der Waals surface area contributed by atoms with Gasteiger partial charge in [-0.1, -0.05) is 12.5 Å². The van der Waals surface area contributed by atoms with Crippen molar-refractivity contribution in [2.45, 2.75) is 51.1 Å². The Morgan fingerprint density at radius 3 is 3.00 bits per heavy atom. The number of allylic oxidation sites excluding steroid dienone is 2. The molecule has 2 heteroatoms. The largest absolute Gasteiger partial charge is 0.316 e. The van der Waals surface area contributed by atoms with Crippen LogP contribution in [0.15, 0.2) is 11.6 Å². The summed E-state index contributed by atoms with van der Waals surface area (Å²) in [6, 6.07) is 0. The van der Waals surface area contributed by atoms with E-state index < -0.39 is 6.17 Å². The lowest BCUT2D eigenvalue weighted by molar-refractivity contribution is 0.219. The van der Waals surface area contributed by atoms with Crippen molar-refractivity contribution in [3.8, 4) is 0 Å². The minimum Gasteiger partial charge on any atom is -0.316 e. The van der Waals surface area contributed by atoms with Crippen LogP contribution in [-0.4, -0.2) is 19.3 Å². The highest BCUT2D eigenvalue weighted by Crippen LogP contribution is 2.28. The number of alkyl halides is 1. The van der Waals surface area contributed by atoms with E-state index in [9.17, 15) is 4.39 Å². The van der Waals surface area contributed by atoms with Crippen molar-refractivity contribution in [2.75, 3.05) is 13.1 Å². The third kappa shape index (κ3) is 3.04. The third-order valence-corrected chi connectivity index (χ3v) is 3.68. The van der Waals surface area contributed by atoms with Crippen molar-refractivity contribution < 1.29 is 4.39 Å². The van der Waals surface area contributed by atoms with Crippen LogP contribution in [0.2, 0.25) is 0 Å². The van der Waals surface area contributed by atoms with Crippen molar-refractivity contribution in [1.29, 1.82) is 0 Å². The second-order valence-electron chi connectivity index (χ2n) is 4.89. The maximum atomic E-state index is 14.2. The third-order valence-electron chi connectivity index (χ3n) is 3.68. The fourth-order valence-electron chi connectivity index (χ4n) is 2.72. The Morgan fingerprint density at radius 1 is 1.27 bits per heavy atom. The van der Waals surface area contributed by atoms with E-state index in [1.54, 1.807) is 0 Å². The number of nitrogens with one attached hydrogen (secondary N) is 1. The summed E-state index contributed by atoms with van der Waals surface area (Å²) in [6.45, 7) is 1.95. The molecule has 1 saturated heterocycles. The summed E-state index contributed by atoms with van der Waals surface area (Å²) >= 11 is 0. The maximum absolute atomic E-state index is 14.2. The van der Waals surface area contributed by atoms with Crippen LogP contribution in [0.3, 0.4) is 0 Å². The van der Waals surface area contributed by atoms with E-state index in [-0.39, 0.29) is 5.92 Å². The van der Waals surface area contributed by atoms with Gasteiger partial charge in [0.15, 0.2) is 0 Å². The maximum Gasteiger partial charge on any atom is 0.125 e. The lowest BCUT2D eigenvalue weighted by Gasteiger charge is -2.27. The average Bonchev–Trinajstić information content (AvgIpc) is 2.58. The monoisotopic (exact) mass is 211 g/mol. The van der Waals surface area contributed by atoms with Crippen LogP contribution >= 0.6 is 0 Å². The van der Waals surface area contributed by atoms with Gasteiger partial charge in [-0.15, -0.1) is 0 Å². The summed E-state index contributed by atoms with van der Waals surface area (Å²) in [5.41, 5.74) is 1.10. The van der Waals surface area contributed by atoms with E-state index >= 15 is 0 Å². The highest BCUT2D eigenvalue weighted by atomic mass is 19.1. The zero-order valence-electron chi connectivity index (χ0n) is 9.47. The van der Waals surface area contributed by atoms with Gasteiger partial charge in [-0.25, -0.2) is 4.39 Å². The van der Waals surface area contributed by atoms with Crippen LogP contribution in [0.25, 0.3) is 0 Å². The molecule has 0 aromatic carbocycles. The SMILES string of the molecule is FC(C1=CCCCCC1)C1CCCNC1. The number of rotatable bonds is 2. The molecule has 2 unspecified atom stereocenters. The molecule has 2 atom stereocenters. The molecule has 15 heavy (non-hydrogen) atoms. The quantitative estimate of drug-likeness (QED) is 0.692. The van der Waals surface area contributed by atoms with Gasteiger partial charge in [-0.3, -0.25) is 0 Å².